The molecule has 2 bridgehead atoms. The molecule has 4 unspecified atom stereocenters. The van der Waals surface area contributed by atoms with Gasteiger partial charge in [-0.25, -0.2) is 0 Å². The minimum atomic E-state index is 0.201. The maximum absolute atomic E-state index is 12.9. The fourth-order valence-electron chi connectivity index (χ4n) is 4.94. The average Bonchev–Trinajstić information content (AvgIpc) is 3.24. The van der Waals surface area contributed by atoms with Crippen LogP contribution >= 0.6 is 0 Å². The molecule has 3 aliphatic carbocycles. The van der Waals surface area contributed by atoms with Gasteiger partial charge < -0.3 is 5.32 Å². The number of allylic oxidation sites excluding steroid dienone is 2. The van der Waals surface area contributed by atoms with Crippen molar-refractivity contribution >= 4 is 5.91 Å². The number of hydrogen-bond donors (Lipinski definition) is 1. The van der Waals surface area contributed by atoms with Crippen LogP contribution in [0.3, 0.4) is 0 Å². The normalized spacial score (nSPS) is 31.2. The van der Waals surface area contributed by atoms with Gasteiger partial charge in [-0.3, -0.25) is 4.79 Å². The van der Waals surface area contributed by atoms with E-state index in [9.17, 15) is 4.79 Å². The van der Waals surface area contributed by atoms with Gasteiger partial charge >= 0.3 is 0 Å². The largest absolute Gasteiger partial charge is 0.349 e. The molecule has 23 heavy (non-hydrogen) atoms. The number of carbonyl (C=O) groups is 1. The molecule has 0 aliphatic heterocycles. The highest BCUT2D eigenvalue weighted by Gasteiger charge is 2.40. The minimum absolute atomic E-state index is 0.201. The summed E-state index contributed by atoms with van der Waals surface area (Å²) in [5, 5.41) is 3.46. The number of fused-ring (bicyclic) bond motifs is 2. The second-order valence-electron chi connectivity index (χ2n) is 7.68. The van der Waals surface area contributed by atoms with Gasteiger partial charge in [0.15, 0.2) is 0 Å². The van der Waals surface area contributed by atoms with E-state index in [0.29, 0.717) is 23.7 Å². The standard InChI is InChI=1S/C21H27NO/c23-21(19-14-15-11-12-18(19)13-15)22-20(16-7-3-1-4-8-16)17-9-5-2-6-10-17/h1,3-4,7-8,11-12,15,17-20H,2,5-6,9-10,13-14H2,(H,22,23). The van der Waals surface area contributed by atoms with E-state index in [1.165, 1.54) is 44.1 Å². The van der Waals surface area contributed by atoms with Crippen LogP contribution in [0.15, 0.2) is 42.5 Å². The Morgan fingerprint density at radius 2 is 1.78 bits per heavy atom. The number of nitrogens with one attached hydrogen (secondary N) is 1. The second kappa shape index (κ2) is 6.51. The molecule has 2 fully saturated rings. The molecule has 2 heteroatoms. The zero-order valence-corrected chi connectivity index (χ0v) is 13.8. The number of rotatable bonds is 4. The number of benzene rings is 1. The van der Waals surface area contributed by atoms with Crippen molar-refractivity contribution in [2.45, 2.75) is 51.0 Å². The van der Waals surface area contributed by atoms with Gasteiger partial charge in [-0.1, -0.05) is 61.7 Å². The summed E-state index contributed by atoms with van der Waals surface area (Å²) in [6, 6.07) is 10.8. The molecule has 0 heterocycles. The van der Waals surface area contributed by atoms with Crippen molar-refractivity contribution in [2.24, 2.45) is 23.7 Å². The van der Waals surface area contributed by atoms with Crippen LogP contribution in [0.4, 0.5) is 0 Å². The molecular weight excluding hydrogens is 282 g/mol. The third-order valence-electron chi connectivity index (χ3n) is 6.19. The lowest BCUT2D eigenvalue weighted by Crippen LogP contribution is -2.39. The average molecular weight is 309 g/mol. The molecule has 0 aromatic heterocycles. The Morgan fingerprint density at radius 3 is 2.43 bits per heavy atom. The van der Waals surface area contributed by atoms with E-state index in [1.807, 2.05) is 0 Å². The maximum atomic E-state index is 12.9. The van der Waals surface area contributed by atoms with Crippen molar-refractivity contribution < 1.29 is 4.79 Å². The van der Waals surface area contributed by atoms with Gasteiger partial charge in [0.2, 0.25) is 5.91 Å². The van der Waals surface area contributed by atoms with Crippen LogP contribution in [-0.4, -0.2) is 5.91 Å². The Kier molecular flexibility index (Phi) is 4.24. The molecule has 0 saturated heterocycles. The number of amides is 1. The molecular formula is C21H27NO. The van der Waals surface area contributed by atoms with Crippen LogP contribution in [0.25, 0.3) is 0 Å². The van der Waals surface area contributed by atoms with Crippen LogP contribution in [0.5, 0.6) is 0 Å². The van der Waals surface area contributed by atoms with Gasteiger partial charge in [-0.2, -0.15) is 0 Å². The number of carbonyl (C=O) groups excluding carboxylic acids is 1. The first kappa shape index (κ1) is 15.0. The van der Waals surface area contributed by atoms with Crippen molar-refractivity contribution in [2.75, 3.05) is 0 Å². The molecule has 4 rings (SSSR count). The topological polar surface area (TPSA) is 29.1 Å². The lowest BCUT2D eigenvalue weighted by molar-refractivity contribution is -0.127. The first-order valence-electron chi connectivity index (χ1n) is 9.35. The monoisotopic (exact) mass is 309 g/mol. The summed E-state index contributed by atoms with van der Waals surface area (Å²) in [6.45, 7) is 0. The van der Waals surface area contributed by atoms with Gasteiger partial charge in [0, 0.05) is 5.92 Å². The third kappa shape index (κ3) is 3.08. The summed E-state index contributed by atoms with van der Waals surface area (Å²) in [5.74, 6) is 2.24. The maximum Gasteiger partial charge on any atom is 0.224 e. The summed E-state index contributed by atoms with van der Waals surface area (Å²) >= 11 is 0. The summed E-state index contributed by atoms with van der Waals surface area (Å²) in [5.41, 5.74) is 1.28. The van der Waals surface area contributed by atoms with Gasteiger partial charge in [0.1, 0.15) is 0 Å². The smallest absolute Gasteiger partial charge is 0.224 e. The predicted octanol–water partition coefficient (Wildman–Crippen LogP) is 4.64. The van der Waals surface area contributed by atoms with E-state index in [1.54, 1.807) is 0 Å². The van der Waals surface area contributed by atoms with Gasteiger partial charge in [-0.05, 0) is 49.0 Å². The summed E-state index contributed by atoms with van der Waals surface area (Å²) in [4.78, 5) is 12.9. The van der Waals surface area contributed by atoms with Crippen LogP contribution in [0.1, 0.15) is 56.6 Å². The summed E-state index contributed by atoms with van der Waals surface area (Å²) in [7, 11) is 0. The highest BCUT2D eigenvalue weighted by Crippen LogP contribution is 2.44. The number of hydrogen-bond acceptors (Lipinski definition) is 1. The highest BCUT2D eigenvalue weighted by molar-refractivity contribution is 5.80. The highest BCUT2D eigenvalue weighted by atomic mass is 16.2. The van der Waals surface area contributed by atoms with E-state index in [4.69, 9.17) is 0 Å². The molecule has 1 amide bonds. The van der Waals surface area contributed by atoms with Gasteiger partial charge in [0.25, 0.3) is 0 Å². The van der Waals surface area contributed by atoms with Crippen molar-refractivity contribution in [1.29, 1.82) is 0 Å². The van der Waals surface area contributed by atoms with E-state index in [2.05, 4.69) is 47.8 Å². The Bertz CT molecular complexity index is 573. The fraction of sp³-hybridized carbons (Fsp3) is 0.571. The molecule has 3 aliphatic rings. The molecule has 122 valence electrons. The fourth-order valence-corrected chi connectivity index (χ4v) is 4.94. The lowest BCUT2D eigenvalue weighted by Gasteiger charge is -2.32. The summed E-state index contributed by atoms with van der Waals surface area (Å²) in [6.07, 6.45) is 13.3. The molecule has 0 radical (unpaired) electrons. The van der Waals surface area contributed by atoms with Crippen molar-refractivity contribution in [1.82, 2.24) is 5.32 Å². The quantitative estimate of drug-likeness (QED) is 0.807. The Labute approximate surface area is 139 Å². The Hall–Kier alpha value is -1.57. The molecule has 4 atom stereocenters. The zero-order chi connectivity index (χ0) is 15.6. The molecule has 2 saturated carbocycles. The summed E-state index contributed by atoms with van der Waals surface area (Å²) < 4.78 is 0. The molecule has 1 N–H and O–H groups in total. The van der Waals surface area contributed by atoms with Crippen molar-refractivity contribution in [3.63, 3.8) is 0 Å². The molecule has 1 aromatic carbocycles. The third-order valence-corrected chi connectivity index (χ3v) is 6.19. The Morgan fingerprint density at radius 1 is 1.00 bits per heavy atom. The minimum Gasteiger partial charge on any atom is -0.349 e. The lowest BCUT2D eigenvalue weighted by atomic mass is 9.80. The van der Waals surface area contributed by atoms with E-state index in [-0.39, 0.29) is 12.0 Å². The molecule has 2 nitrogen and oxygen atoms in total. The van der Waals surface area contributed by atoms with E-state index >= 15 is 0 Å². The van der Waals surface area contributed by atoms with Crippen LogP contribution in [0, 0.1) is 23.7 Å². The van der Waals surface area contributed by atoms with Crippen LogP contribution < -0.4 is 5.32 Å². The molecule has 1 aromatic rings. The van der Waals surface area contributed by atoms with Crippen molar-refractivity contribution in [3.8, 4) is 0 Å². The Balaban J connectivity index is 1.51. The SMILES string of the molecule is O=C(NC(c1ccccc1)C1CCCCC1)C1CC2C=CC1C2. The van der Waals surface area contributed by atoms with Crippen molar-refractivity contribution in [3.05, 3.63) is 48.0 Å². The molecule has 0 spiro atoms. The van der Waals surface area contributed by atoms with E-state index < -0.39 is 0 Å². The second-order valence-corrected chi connectivity index (χ2v) is 7.68. The van der Waals surface area contributed by atoms with Gasteiger partial charge in [-0.15, -0.1) is 0 Å². The first-order valence-corrected chi connectivity index (χ1v) is 9.35. The zero-order valence-electron chi connectivity index (χ0n) is 13.8. The first-order chi connectivity index (χ1) is 11.3. The van der Waals surface area contributed by atoms with Crippen LogP contribution in [0.2, 0.25) is 0 Å². The van der Waals surface area contributed by atoms with Gasteiger partial charge in [0.05, 0.1) is 6.04 Å². The predicted molar refractivity (Wildman–Crippen MR) is 92.7 cm³/mol. The van der Waals surface area contributed by atoms with Crippen LogP contribution in [-0.2, 0) is 4.79 Å². The van der Waals surface area contributed by atoms with E-state index in [0.717, 1.165) is 6.42 Å².